The Balaban J connectivity index is 2.49. The fourth-order valence-electron chi connectivity index (χ4n) is 1.18. The van der Waals surface area contributed by atoms with E-state index in [2.05, 4.69) is 9.97 Å². The zero-order valence-corrected chi connectivity index (χ0v) is 10.1. The van der Waals surface area contributed by atoms with E-state index >= 15 is 0 Å². The highest BCUT2D eigenvalue weighted by Crippen LogP contribution is 2.24. The molecule has 0 aliphatic heterocycles. The SMILES string of the molecule is N#C/C(=C\c1cnc[nH]1)S(=O)(=O)c1cccs1. The van der Waals surface area contributed by atoms with Crippen molar-refractivity contribution < 1.29 is 8.42 Å². The molecule has 2 aromatic rings. The van der Waals surface area contributed by atoms with Crippen molar-refractivity contribution in [3.8, 4) is 6.07 Å². The van der Waals surface area contributed by atoms with E-state index in [1.165, 1.54) is 24.7 Å². The molecule has 0 saturated carbocycles. The average Bonchev–Trinajstić information content (AvgIpc) is 2.98. The maximum atomic E-state index is 12.0. The topological polar surface area (TPSA) is 86.6 Å². The van der Waals surface area contributed by atoms with Crippen LogP contribution < -0.4 is 0 Å². The first-order valence-corrected chi connectivity index (χ1v) is 6.89. The number of nitriles is 1. The average molecular weight is 265 g/mol. The molecule has 17 heavy (non-hydrogen) atoms. The molecule has 0 unspecified atom stereocenters. The molecule has 0 aliphatic carbocycles. The van der Waals surface area contributed by atoms with Gasteiger partial charge >= 0.3 is 0 Å². The molecule has 2 rings (SSSR count). The predicted molar refractivity (Wildman–Crippen MR) is 63.7 cm³/mol. The number of aromatic nitrogens is 2. The summed E-state index contributed by atoms with van der Waals surface area (Å²) in [5.74, 6) is 0. The minimum Gasteiger partial charge on any atom is -0.345 e. The maximum absolute atomic E-state index is 12.0. The van der Waals surface area contributed by atoms with Crippen molar-refractivity contribution in [2.45, 2.75) is 4.21 Å². The van der Waals surface area contributed by atoms with Gasteiger partial charge in [-0.15, -0.1) is 11.3 Å². The van der Waals surface area contributed by atoms with Crippen LogP contribution in [0.1, 0.15) is 5.69 Å². The molecule has 0 aromatic carbocycles. The summed E-state index contributed by atoms with van der Waals surface area (Å²) in [5.41, 5.74) is 0.474. The lowest BCUT2D eigenvalue weighted by molar-refractivity contribution is 0.605. The first-order chi connectivity index (χ1) is 8.14. The van der Waals surface area contributed by atoms with E-state index < -0.39 is 9.84 Å². The van der Waals surface area contributed by atoms with Crippen LogP contribution in [-0.4, -0.2) is 18.4 Å². The van der Waals surface area contributed by atoms with E-state index in [1.807, 2.05) is 0 Å². The number of aromatic amines is 1. The Bertz CT molecular complexity index is 662. The van der Waals surface area contributed by atoms with Crippen LogP contribution in [0, 0.1) is 11.3 Å². The molecule has 7 heteroatoms. The van der Waals surface area contributed by atoms with Crippen molar-refractivity contribution >= 4 is 27.3 Å². The predicted octanol–water partition coefficient (Wildman–Crippen LogP) is 1.81. The molecule has 0 bridgehead atoms. The molecule has 86 valence electrons. The van der Waals surface area contributed by atoms with Gasteiger partial charge in [-0.1, -0.05) is 6.07 Å². The van der Waals surface area contributed by atoms with Gasteiger partial charge in [0, 0.05) is 0 Å². The van der Waals surface area contributed by atoms with Crippen LogP contribution in [0.5, 0.6) is 0 Å². The number of rotatable bonds is 3. The standard InChI is InChI=1S/C10H7N3O2S2/c11-5-9(4-8-6-12-7-13-8)17(14,15)10-2-1-3-16-10/h1-4,6-7H,(H,12,13)/b9-4+. The molecular weight excluding hydrogens is 258 g/mol. The second-order valence-electron chi connectivity index (χ2n) is 3.06. The largest absolute Gasteiger partial charge is 0.345 e. The Morgan fingerprint density at radius 2 is 2.41 bits per heavy atom. The van der Waals surface area contributed by atoms with Crippen LogP contribution in [0.2, 0.25) is 0 Å². The quantitative estimate of drug-likeness (QED) is 0.857. The Hall–Kier alpha value is -1.91. The monoisotopic (exact) mass is 265 g/mol. The van der Waals surface area contributed by atoms with Gasteiger partial charge < -0.3 is 4.98 Å². The van der Waals surface area contributed by atoms with E-state index in [0.29, 0.717) is 5.69 Å². The molecule has 0 aliphatic rings. The van der Waals surface area contributed by atoms with E-state index in [0.717, 1.165) is 11.3 Å². The van der Waals surface area contributed by atoms with Gasteiger partial charge in [0.2, 0.25) is 9.84 Å². The van der Waals surface area contributed by atoms with Gasteiger partial charge in [-0.3, -0.25) is 0 Å². The summed E-state index contributed by atoms with van der Waals surface area (Å²) in [7, 11) is -3.71. The molecule has 0 radical (unpaired) electrons. The summed E-state index contributed by atoms with van der Waals surface area (Å²) in [6.07, 6.45) is 4.13. The van der Waals surface area contributed by atoms with Gasteiger partial charge in [-0.05, 0) is 17.5 Å². The van der Waals surface area contributed by atoms with Crippen molar-refractivity contribution in [1.82, 2.24) is 9.97 Å². The Morgan fingerprint density at radius 3 is 2.94 bits per heavy atom. The Labute approximate surface area is 102 Å². The molecule has 0 fully saturated rings. The molecule has 2 heterocycles. The van der Waals surface area contributed by atoms with Gasteiger partial charge in [0.25, 0.3) is 0 Å². The van der Waals surface area contributed by atoms with Gasteiger partial charge in [-0.25, -0.2) is 13.4 Å². The van der Waals surface area contributed by atoms with Crippen molar-refractivity contribution in [1.29, 1.82) is 5.26 Å². The molecule has 5 nitrogen and oxygen atoms in total. The summed E-state index contributed by atoms with van der Waals surface area (Å²) < 4.78 is 24.2. The number of hydrogen-bond donors (Lipinski definition) is 1. The normalized spacial score (nSPS) is 12.3. The highest BCUT2D eigenvalue weighted by molar-refractivity contribution is 7.97. The van der Waals surface area contributed by atoms with Crippen molar-refractivity contribution in [3.63, 3.8) is 0 Å². The molecule has 0 saturated heterocycles. The fourth-order valence-corrected chi connectivity index (χ4v) is 3.45. The smallest absolute Gasteiger partial charge is 0.226 e. The molecular formula is C10H7N3O2S2. The first kappa shape index (κ1) is 11.6. The van der Waals surface area contributed by atoms with E-state index in [4.69, 9.17) is 5.26 Å². The van der Waals surface area contributed by atoms with Crippen LogP contribution in [0.3, 0.4) is 0 Å². The Kier molecular flexibility index (Phi) is 3.08. The van der Waals surface area contributed by atoms with Crippen LogP contribution in [0.15, 0.2) is 39.2 Å². The maximum Gasteiger partial charge on any atom is 0.226 e. The number of allylic oxidation sites excluding steroid dienone is 1. The number of imidazole rings is 1. The second-order valence-corrected chi connectivity index (χ2v) is 6.16. The van der Waals surface area contributed by atoms with Crippen LogP contribution in [0.4, 0.5) is 0 Å². The summed E-state index contributed by atoms with van der Waals surface area (Å²) in [6, 6.07) is 4.80. The van der Waals surface area contributed by atoms with E-state index in [1.54, 1.807) is 17.5 Å². The number of thiophene rings is 1. The minimum atomic E-state index is -3.71. The van der Waals surface area contributed by atoms with Crippen molar-refractivity contribution in [2.75, 3.05) is 0 Å². The first-order valence-electron chi connectivity index (χ1n) is 4.53. The summed E-state index contributed by atoms with van der Waals surface area (Å²) in [5, 5.41) is 10.6. The molecule has 1 N–H and O–H groups in total. The molecule has 0 spiro atoms. The van der Waals surface area contributed by atoms with E-state index in [9.17, 15) is 8.42 Å². The number of nitrogens with zero attached hydrogens (tertiary/aromatic N) is 2. The van der Waals surface area contributed by atoms with Crippen LogP contribution in [-0.2, 0) is 9.84 Å². The molecule has 2 aromatic heterocycles. The lowest BCUT2D eigenvalue weighted by atomic mass is 10.4. The number of hydrogen-bond acceptors (Lipinski definition) is 5. The van der Waals surface area contributed by atoms with Crippen molar-refractivity contribution in [3.05, 3.63) is 40.6 Å². The Morgan fingerprint density at radius 1 is 1.59 bits per heavy atom. The summed E-state index contributed by atoms with van der Waals surface area (Å²) in [4.78, 5) is 6.17. The highest BCUT2D eigenvalue weighted by Gasteiger charge is 2.21. The third-order valence-electron chi connectivity index (χ3n) is 1.97. The number of H-pyrrole nitrogens is 1. The zero-order valence-electron chi connectivity index (χ0n) is 8.49. The zero-order chi connectivity index (χ0) is 12.3. The molecule has 0 atom stereocenters. The molecule has 0 amide bonds. The lowest BCUT2D eigenvalue weighted by Crippen LogP contribution is -2.01. The minimum absolute atomic E-state index is 0.157. The van der Waals surface area contributed by atoms with Crippen molar-refractivity contribution in [2.24, 2.45) is 0 Å². The van der Waals surface area contributed by atoms with Gasteiger partial charge in [0.05, 0.1) is 18.2 Å². The summed E-state index contributed by atoms with van der Waals surface area (Å²) >= 11 is 1.08. The fraction of sp³-hybridized carbons (Fsp3) is 0. The lowest BCUT2D eigenvalue weighted by Gasteiger charge is -1.98. The third kappa shape index (κ3) is 2.27. The van der Waals surface area contributed by atoms with Crippen LogP contribution >= 0.6 is 11.3 Å². The second kappa shape index (κ2) is 4.53. The van der Waals surface area contributed by atoms with Crippen LogP contribution in [0.25, 0.3) is 6.08 Å². The van der Waals surface area contributed by atoms with Gasteiger partial charge in [0.15, 0.2) is 4.91 Å². The summed E-state index contributed by atoms with van der Waals surface area (Å²) in [6.45, 7) is 0. The highest BCUT2D eigenvalue weighted by atomic mass is 32.2. The number of sulfone groups is 1. The third-order valence-corrected chi connectivity index (χ3v) is 5.03. The van der Waals surface area contributed by atoms with Gasteiger partial charge in [-0.2, -0.15) is 5.26 Å². The van der Waals surface area contributed by atoms with E-state index in [-0.39, 0.29) is 9.11 Å². The van der Waals surface area contributed by atoms with Gasteiger partial charge in [0.1, 0.15) is 10.3 Å². The number of nitrogens with one attached hydrogen (secondary N) is 1.